The molecule has 2 N–H and O–H groups in total. The Morgan fingerprint density at radius 1 is 1.23 bits per heavy atom. The number of hydrogen-bond acceptors (Lipinski definition) is 4. The van der Waals surface area contributed by atoms with Gasteiger partial charge in [-0.05, 0) is 36.8 Å². The molecule has 0 amide bonds. The van der Waals surface area contributed by atoms with E-state index >= 15 is 0 Å². The third-order valence-electron chi connectivity index (χ3n) is 2.90. The third kappa shape index (κ3) is 4.10. The highest BCUT2D eigenvalue weighted by molar-refractivity contribution is 7.80. The number of nitro groups is 1. The SMILES string of the molecule is Cc1ccccc1NC(=S)N/N=C\c1ccccc1[N+](=O)[O-]. The fourth-order valence-electron chi connectivity index (χ4n) is 1.79. The van der Waals surface area contributed by atoms with Crippen LogP contribution in [-0.4, -0.2) is 16.3 Å². The average molecular weight is 314 g/mol. The predicted octanol–water partition coefficient (Wildman–Crippen LogP) is 3.22. The Labute approximate surface area is 133 Å². The lowest BCUT2D eigenvalue weighted by Crippen LogP contribution is -2.24. The van der Waals surface area contributed by atoms with E-state index in [9.17, 15) is 10.1 Å². The van der Waals surface area contributed by atoms with E-state index in [-0.39, 0.29) is 5.69 Å². The maximum Gasteiger partial charge on any atom is 0.278 e. The van der Waals surface area contributed by atoms with Crippen molar-refractivity contribution >= 4 is 34.9 Å². The van der Waals surface area contributed by atoms with Gasteiger partial charge in [-0.25, -0.2) is 0 Å². The monoisotopic (exact) mass is 314 g/mol. The van der Waals surface area contributed by atoms with Gasteiger partial charge in [0.1, 0.15) is 0 Å². The fraction of sp³-hybridized carbons (Fsp3) is 0.0667. The molecule has 6 nitrogen and oxygen atoms in total. The van der Waals surface area contributed by atoms with Gasteiger partial charge in [0.05, 0.1) is 16.7 Å². The van der Waals surface area contributed by atoms with E-state index in [1.54, 1.807) is 18.2 Å². The number of nitrogens with one attached hydrogen (secondary N) is 2. The first-order valence-corrected chi connectivity index (χ1v) is 6.88. The topological polar surface area (TPSA) is 79.6 Å². The number of nitro benzene ring substituents is 1. The summed E-state index contributed by atoms with van der Waals surface area (Å²) in [6.07, 6.45) is 1.37. The van der Waals surface area contributed by atoms with Crippen LogP contribution in [0.15, 0.2) is 53.6 Å². The molecule has 0 aliphatic heterocycles. The summed E-state index contributed by atoms with van der Waals surface area (Å²) in [5, 5.41) is 18.1. The Morgan fingerprint density at radius 3 is 2.64 bits per heavy atom. The number of thiocarbonyl (C=S) groups is 1. The molecule has 0 saturated carbocycles. The molecule has 0 atom stereocenters. The molecular formula is C15H14N4O2S. The number of hydrogen-bond donors (Lipinski definition) is 2. The molecule has 112 valence electrons. The molecule has 0 fully saturated rings. The summed E-state index contributed by atoms with van der Waals surface area (Å²) in [5.41, 5.74) is 4.96. The number of anilines is 1. The van der Waals surface area contributed by atoms with Crippen molar-refractivity contribution in [3.05, 3.63) is 69.8 Å². The minimum atomic E-state index is -0.453. The maximum absolute atomic E-state index is 10.9. The lowest BCUT2D eigenvalue weighted by Gasteiger charge is -2.09. The Morgan fingerprint density at radius 2 is 1.91 bits per heavy atom. The van der Waals surface area contributed by atoms with Crippen molar-refractivity contribution in [1.29, 1.82) is 0 Å². The number of benzene rings is 2. The van der Waals surface area contributed by atoms with Crippen LogP contribution >= 0.6 is 12.2 Å². The van der Waals surface area contributed by atoms with Crippen LogP contribution in [-0.2, 0) is 0 Å². The Kier molecular flexibility index (Phi) is 5.16. The van der Waals surface area contributed by atoms with Gasteiger partial charge in [-0.3, -0.25) is 15.5 Å². The van der Waals surface area contributed by atoms with Gasteiger partial charge in [0.15, 0.2) is 5.11 Å². The summed E-state index contributed by atoms with van der Waals surface area (Å²) >= 11 is 5.13. The van der Waals surface area contributed by atoms with E-state index in [0.717, 1.165) is 11.3 Å². The minimum absolute atomic E-state index is 0.00849. The first-order chi connectivity index (χ1) is 10.6. The van der Waals surface area contributed by atoms with Gasteiger partial charge in [0.2, 0.25) is 0 Å². The smallest absolute Gasteiger partial charge is 0.278 e. The van der Waals surface area contributed by atoms with Crippen LogP contribution in [0.5, 0.6) is 0 Å². The second-order valence-corrected chi connectivity index (χ2v) is 4.86. The summed E-state index contributed by atoms with van der Waals surface area (Å²) in [6, 6.07) is 14.0. The van der Waals surface area contributed by atoms with Crippen LogP contribution in [0.1, 0.15) is 11.1 Å². The van der Waals surface area contributed by atoms with Gasteiger partial charge in [-0.15, -0.1) is 0 Å². The van der Waals surface area contributed by atoms with E-state index in [0.29, 0.717) is 10.7 Å². The second-order valence-electron chi connectivity index (χ2n) is 4.45. The normalized spacial score (nSPS) is 10.4. The van der Waals surface area contributed by atoms with Crippen LogP contribution in [0.2, 0.25) is 0 Å². The van der Waals surface area contributed by atoms with E-state index in [1.165, 1.54) is 12.3 Å². The standard InChI is InChI=1S/C15H14N4O2S/c1-11-6-2-4-8-13(11)17-15(22)18-16-10-12-7-3-5-9-14(12)19(20)21/h2-10H,1H3,(H2,17,18,22)/b16-10-. The molecule has 0 unspecified atom stereocenters. The number of para-hydroxylation sites is 2. The highest BCUT2D eigenvalue weighted by Crippen LogP contribution is 2.15. The van der Waals surface area contributed by atoms with Crippen molar-refractivity contribution in [2.45, 2.75) is 6.92 Å². The molecule has 0 radical (unpaired) electrons. The van der Waals surface area contributed by atoms with Gasteiger partial charge in [0, 0.05) is 11.8 Å². The summed E-state index contributed by atoms with van der Waals surface area (Å²) in [5.74, 6) is 0. The van der Waals surface area contributed by atoms with Gasteiger partial charge >= 0.3 is 0 Å². The molecular weight excluding hydrogens is 300 g/mol. The highest BCUT2D eigenvalue weighted by Gasteiger charge is 2.09. The molecule has 0 aliphatic rings. The van der Waals surface area contributed by atoms with Crippen LogP contribution in [0, 0.1) is 17.0 Å². The molecule has 0 aromatic heterocycles. The third-order valence-corrected chi connectivity index (χ3v) is 3.09. The molecule has 2 rings (SSSR count). The van der Waals surface area contributed by atoms with Crippen molar-refractivity contribution in [1.82, 2.24) is 5.43 Å². The quantitative estimate of drug-likeness (QED) is 0.392. The lowest BCUT2D eigenvalue weighted by molar-refractivity contribution is -0.385. The Bertz CT molecular complexity index is 731. The fourth-order valence-corrected chi connectivity index (χ4v) is 1.95. The van der Waals surface area contributed by atoms with Crippen molar-refractivity contribution in [2.75, 3.05) is 5.32 Å². The van der Waals surface area contributed by atoms with Gasteiger partial charge in [-0.2, -0.15) is 5.10 Å². The molecule has 0 spiro atoms. The summed E-state index contributed by atoms with van der Waals surface area (Å²) in [6.45, 7) is 1.96. The highest BCUT2D eigenvalue weighted by atomic mass is 32.1. The van der Waals surface area contributed by atoms with Crippen LogP contribution in [0.25, 0.3) is 0 Å². The zero-order chi connectivity index (χ0) is 15.9. The first kappa shape index (κ1) is 15.6. The van der Waals surface area contributed by atoms with E-state index in [1.807, 2.05) is 31.2 Å². The zero-order valence-electron chi connectivity index (χ0n) is 11.8. The summed E-state index contributed by atoms with van der Waals surface area (Å²) < 4.78 is 0. The largest absolute Gasteiger partial charge is 0.331 e. The number of hydrazone groups is 1. The molecule has 0 aliphatic carbocycles. The molecule has 0 heterocycles. The van der Waals surface area contributed by atoms with Crippen LogP contribution in [0.4, 0.5) is 11.4 Å². The second kappa shape index (κ2) is 7.28. The summed E-state index contributed by atoms with van der Waals surface area (Å²) in [4.78, 5) is 10.4. The van der Waals surface area contributed by atoms with Crippen molar-refractivity contribution in [2.24, 2.45) is 5.10 Å². The minimum Gasteiger partial charge on any atom is -0.331 e. The molecule has 0 bridgehead atoms. The molecule has 22 heavy (non-hydrogen) atoms. The van der Waals surface area contributed by atoms with E-state index < -0.39 is 4.92 Å². The van der Waals surface area contributed by atoms with Gasteiger partial charge in [-0.1, -0.05) is 30.3 Å². The molecule has 2 aromatic carbocycles. The van der Waals surface area contributed by atoms with Gasteiger partial charge < -0.3 is 5.32 Å². The molecule has 2 aromatic rings. The maximum atomic E-state index is 10.9. The lowest BCUT2D eigenvalue weighted by atomic mass is 10.2. The van der Waals surface area contributed by atoms with Crippen LogP contribution < -0.4 is 10.7 Å². The molecule has 7 heteroatoms. The van der Waals surface area contributed by atoms with Crippen molar-refractivity contribution in [3.63, 3.8) is 0 Å². The average Bonchev–Trinajstić information content (AvgIpc) is 2.50. The van der Waals surface area contributed by atoms with E-state index in [4.69, 9.17) is 12.2 Å². The predicted molar refractivity (Wildman–Crippen MR) is 91.2 cm³/mol. The Balaban J connectivity index is 2.00. The van der Waals surface area contributed by atoms with Gasteiger partial charge in [0.25, 0.3) is 5.69 Å². The van der Waals surface area contributed by atoms with Crippen molar-refractivity contribution < 1.29 is 4.92 Å². The van der Waals surface area contributed by atoms with E-state index in [2.05, 4.69) is 15.8 Å². The van der Waals surface area contributed by atoms with Crippen molar-refractivity contribution in [3.8, 4) is 0 Å². The Hall–Kier alpha value is -2.80. The number of rotatable bonds is 4. The van der Waals surface area contributed by atoms with Crippen LogP contribution in [0.3, 0.4) is 0 Å². The summed E-state index contributed by atoms with van der Waals surface area (Å²) in [7, 11) is 0. The number of aryl methyl sites for hydroxylation is 1. The molecule has 0 saturated heterocycles. The first-order valence-electron chi connectivity index (χ1n) is 6.47. The zero-order valence-corrected chi connectivity index (χ0v) is 12.6. The number of nitrogens with zero attached hydrogens (tertiary/aromatic N) is 2.